The standard InChI is InChI=1S/C19H20FN5O3/c1-2-7-23-8-5-19(6-9-23)12-24(16-4-3-13(20)10-14(16)19)18(26)15-11-17(22-21-15)25(27)28/h2-4,10-11H,1,5-9,12H2,(H,21,22). The van der Waals surface area contributed by atoms with Crippen LogP contribution in [-0.4, -0.2) is 52.1 Å². The van der Waals surface area contributed by atoms with Crippen LogP contribution in [0.4, 0.5) is 15.9 Å². The Morgan fingerprint density at radius 2 is 2.14 bits per heavy atom. The number of anilines is 1. The van der Waals surface area contributed by atoms with E-state index in [4.69, 9.17) is 0 Å². The first-order valence-corrected chi connectivity index (χ1v) is 9.08. The molecule has 1 saturated heterocycles. The van der Waals surface area contributed by atoms with Gasteiger partial charge in [0, 0.05) is 24.2 Å². The molecule has 0 radical (unpaired) electrons. The summed E-state index contributed by atoms with van der Waals surface area (Å²) in [5.41, 5.74) is 1.12. The summed E-state index contributed by atoms with van der Waals surface area (Å²) < 4.78 is 14.0. The number of likely N-dealkylation sites (tertiary alicyclic amines) is 1. The van der Waals surface area contributed by atoms with E-state index in [1.807, 2.05) is 6.08 Å². The highest BCUT2D eigenvalue weighted by Crippen LogP contribution is 2.47. The fraction of sp³-hybridized carbons (Fsp3) is 0.368. The summed E-state index contributed by atoms with van der Waals surface area (Å²) in [7, 11) is 0. The van der Waals surface area contributed by atoms with E-state index in [9.17, 15) is 19.3 Å². The quantitative estimate of drug-likeness (QED) is 0.496. The van der Waals surface area contributed by atoms with Crippen molar-refractivity contribution in [3.05, 3.63) is 64.1 Å². The minimum Gasteiger partial charge on any atom is -0.358 e. The molecule has 0 atom stereocenters. The summed E-state index contributed by atoms with van der Waals surface area (Å²) in [5.74, 6) is -1.10. The maximum Gasteiger partial charge on any atom is 0.343 e. The van der Waals surface area contributed by atoms with Crippen LogP contribution in [0.2, 0.25) is 0 Å². The van der Waals surface area contributed by atoms with Crippen molar-refractivity contribution in [2.75, 3.05) is 31.1 Å². The van der Waals surface area contributed by atoms with Crippen LogP contribution in [0, 0.1) is 15.9 Å². The van der Waals surface area contributed by atoms with Gasteiger partial charge in [0.15, 0.2) is 5.69 Å². The van der Waals surface area contributed by atoms with Gasteiger partial charge in [0.1, 0.15) is 5.82 Å². The SMILES string of the molecule is C=CCN1CCC2(CC1)CN(C(=O)c1cc([N+](=O)[O-])[nH]n1)c1ccc(F)cc12. The largest absolute Gasteiger partial charge is 0.358 e. The van der Waals surface area contributed by atoms with Crippen LogP contribution in [-0.2, 0) is 5.41 Å². The number of aromatic nitrogens is 2. The van der Waals surface area contributed by atoms with Crippen LogP contribution >= 0.6 is 0 Å². The zero-order valence-electron chi connectivity index (χ0n) is 15.2. The summed E-state index contributed by atoms with van der Waals surface area (Å²) in [6.45, 7) is 6.64. The monoisotopic (exact) mass is 385 g/mol. The summed E-state index contributed by atoms with van der Waals surface area (Å²) >= 11 is 0. The number of nitrogens with one attached hydrogen (secondary N) is 1. The Morgan fingerprint density at radius 3 is 2.79 bits per heavy atom. The van der Waals surface area contributed by atoms with E-state index in [1.54, 1.807) is 11.0 Å². The van der Waals surface area contributed by atoms with Gasteiger partial charge in [0.25, 0.3) is 5.91 Å². The number of piperidine rings is 1. The molecular weight excluding hydrogens is 365 g/mol. The molecule has 0 unspecified atom stereocenters. The van der Waals surface area contributed by atoms with Gasteiger partial charge in [-0.3, -0.25) is 9.69 Å². The molecule has 1 N–H and O–H groups in total. The number of benzene rings is 1. The van der Waals surface area contributed by atoms with Crippen molar-refractivity contribution in [1.29, 1.82) is 0 Å². The van der Waals surface area contributed by atoms with Crippen molar-refractivity contribution >= 4 is 17.4 Å². The molecule has 0 aliphatic carbocycles. The Bertz CT molecular complexity index is 949. The van der Waals surface area contributed by atoms with Gasteiger partial charge in [0.05, 0.1) is 6.07 Å². The highest BCUT2D eigenvalue weighted by atomic mass is 19.1. The van der Waals surface area contributed by atoms with E-state index < -0.39 is 10.8 Å². The number of amides is 1. The maximum atomic E-state index is 14.0. The first-order valence-electron chi connectivity index (χ1n) is 9.08. The molecule has 1 aromatic carbocycles. The highest BCUT2D eigenvalue weighted by Gasteiger charge is 2.47. The number of aromatic amines is 1. The second-order valence-corrected chi connectivity index (χ2v) is 7.32. The van der Waals surface area contributed by atoms with Crippen LogP contribution in [0.3, 0.4) is 0 Å². The summed E-state index contributed by atoms with van der Waals surface area (Å²) in [5, 5.41) is 16.9. The smallest absolute Gasteiger partial charge is 0.343 e. The molecule has 28 heavy (non-hydrogen) atoms. The van der Waals surface area contributed by atoms with Gasteiger partial charge in [-0.1, -0.05) is 11.2 Å². The molecule has 1 aromatic heterocycles. The molecule has 1 spiro atoms. The minimum atomic E-state index is -0.631. The second-order valence-electron chi connectivity index (χ2n) is 7.32. The molecule has 2 aliphatic heterocycles. The fourth-order valence-corrected chi connectivity index (χ4v) is 4.25. The van der Waals surface area contributed by atoms with Gasteiger partial charge in [-0.25, -0.2) is 4.39 Å². The van der Waals surface area contributed by atoms with Crippen LogP contribution in [0.5, 0.6) is 0 Å². The van der Waals surface area contributed by atoms with Crippen molar-refractivity contribution in [2.24, 2.45) is 0 Å². The van der Waals surface area contributed by atoms with Crippen LogP contribution < -0.4 is 4.90 Å². The number of fused-ring (bicyclic) bond motifs is 2. The lowest BCUT2D eigenvalue weighted by molar-refractivity contribution is -0.389. The number of hydrogen-bond donors (Lipinski definition) is 1. The third-order valence-corrected chi connectivity index (χ3v) is 5.71. The fourth-order valence-electron chi connectivity index (χ4n) is 4.25. The first-order chi connectivity index (χ1) is 13.4. The van der Waals surface area contributed by atoms with Crippen LogP contribution in [0.1, 0.15) is 28.9 Å². The number of carbonyl (C=O) groups excluding carboxylic acids is 1. The lowest BCUT2D eigenvalue weighted by Gasteiger charge is -2.39. The summed E-state index contributed by atoms with van der Waals surface area (Å²) in [6, 6.07) is 5.58. The Labute approximate surface area is 160 Å². The van der Waals surface area contributed by atoms with E-state index in [0.717, 1.165) is 44.1 Å². The van der Waals surface area contributed by atoms with Gasteiger partial charge in [-0.2, -0.15) is 0 Å². The Balaban J connectivity index is 1.66. The molecule has 0 bridgehead atoms. The minimum absolute atomic E-state index is 0.0249. The van der Waals surface area contributed by atoms with Crippen molar-refractivity contribution in [2.45, 2.75) is 18.3 Å². The van der Waals surface area contributed by atoms with Crippen molar-refractivity contribution < 1.29 is 14.1 Å². The number of hydrogen-bond acceptors (Lipinski definition) is 5. The summed E-state index contributed by atoms with van der Waals surface area (Å²) in [6.07, 6.45) is 3.45. The van der Waals surface area contributed by atoms with E-state index >= 15 is 0 Å². The Morgan fingerprint density at radius 1 is 1.39 bits per heavy atom. The molecular formula is C19H20FN5O3. The van der Waals surface area contributed by atoms with Crippen molar-refractivity contribution in [3.63, 3.8) is 0 Å². The summed E-state index contributed by atoms with van der Waals surface area (Å²) in [4.78, 5) is 27.1. The van der Waals surface area contributed by atoms with Gasteiger partial charge in [-0.05, 0) is 54.6 Å². The van der Waals surface area contributed by atoms with Crippen LogP contribution in [0.25, 0.3) is 0 Å². The van der Waals surface area contributed by atoms with Gasteiger partial charge < -0.3 is 15.0 Å². The highest BCUT2D eigenvalue weighted by molar-refractivity contribution is 6.06. The molecule has 0 saturated carbocycles. The zero-order chi connectivity index (χ0) is 19.9. The average molecular weight is 385 g/mol. The van der Waals surface area contributed by atoms with Crippen molar-refractivity contribution in [1.82, 2.24) is 15.1 Å². The second kappa shape index (κ2) is 6.83. The van der Waals surface area contributed by atoms with Gasteiger partial charge in [-0.15, -0.1) is 11.7 Å². The number of H-pyrrole nitrogens is 1. The normalized spacial score (nSPS) is 18.2. The molecule has 1 amide bonds. The Hall–Kier alpha value is -3.07. The lowest BCUT2D eigenvalue weighted by Crippen LogP contribution is -2.46. The van der Waals surface area contributed by atoms with E-state index in [0.29, 0.717) is 12.2 Å². The van der Waals surface area contributed by atoms with Crippen LogP contribution in [0.15, 0.2) is 36.9 Å². The molecule has 3 heterocycles. The third-order valence-electron chi connectivity index (χ3n) is 5.71. The predicted octanol–water partition coefficient (Wildman–Crippen LogP) is 2.64. The van der Waals surface area contributed by atoms with Gasteiger partial charge >= 0.3 is 5.82 Å². The zero-order valence-corrected chi connectivity index (χ0v) is 15.2. The number of halogens is 1. The molecule has 9 heteroatoms. The van der Waals surface area contributed by atoms with E-state index in [-0.39, 0.29) is 22.7 Å². The molecule has 146 valence electrons. The predicted molar refractivity (Wildman–Crippen MR) is 101 cm³/mol. The third kappa shape index (κ3) is 2.97. The number of nitro groups is 1. The van der Waals surface area contributed by atoms with Gasteiger partial charge in [0.2, 0.25) is 0 Å². The maximum absolute atomic E-state index is 14.0. The molecule has 8 nitrogen and oxygen atoms in total. The van der Waals surface area contributed by atoms with E-state index in [1.165, 1.54) is 12.1 Å². The number of rotatable bonds is 4. The number of nitrogens with zero attached hydrogens (tertiary/aromatic N) is 4. The average Bonchev–Trinajstić information content (AvgIpc) is 3.28. The number of carbonyl (C=O) groups is 1. The van der Waals surface area contributed by atoms with E-state index in [2.05, 4.69) is 21.7 Å². The van der Waals surface area contributed by atoms with Crippen molar-refractivity contribution in [3.8, 4) is 0 Å². The first kappa shape index (κ1) is 18.3. The molecule has 2 aliphatic rings. The Kier molecular flexibility index (Phi) is 4.46. The molecule has 1 fully saturated rings. The topological polar surface area (TPSA) is 95.4 Å². The molecule has 2 aromatic rings. The lowest BCUT2D eigenvalue weighted by atomic mass is 9.74. The molecule has 4 rings (SSSR count).